The second-order valence-corrected chi connectivity index (χ2v) is 4.10. The smallest absolute Gasteiger partial charge is 0.0975 e. The van der Waals surface area contributed by atoms with E-state index in [0.29, 0.717) is 22.2 Å². The fourth-order valence-electron chi connectivity index (χ4n) is 1.26. The molecule has 4 heteroatoms. The van der Waals surface area contributed by atoms with Crippen molar-refractivity contribution in [3.05, 3.63) is 40.7 Å². The average molecular weight is 246 g/mol. The van der Waals surface area contributed by atoms with Crippen molar-refractivity contribution in [3.8, 4) is 0 Å². The zero-order valence-corrected chi connectivity index (χ0v) is 9.80. The van der Waals surface area contributed by atoms with Crippen molar-refractivity contribution in [2.75, 3.05) is 0 Å². The third-order valence-electron chi connectivity index (χ3n) is 2.04. The van der Waals surface area contributed by atoms with E-state index in [4.69, 9.17) is 23.2 Å². The van der Waals surface area contributed by atoms with Gasteiger partial charge < -0.3 is 5.11 Å². The Morgan fingerprint density at radius 2 is 2.27 bits per heavy atom. The van der Waals surface area contributed by atoms with Crippen LogP contribution in [0.15, 0.2) is 24.9 Å². The maximum atomic E-state index is 9.79. The van der Waals surface area contributed by atoms with Gasteiger partial charge in [0.1, 0.15) is 0 Å². The maximum absolute atomic E-state index is 9.79. The molecule has 0 aliphatic rings. The van der Waals surface area contributed by atoms with Crippen LogP contribution in [0.1, 0.15) is 31.1 Å². The summed E-state index contributed by atoms with van der Waals surface area (Å²) in [4.78, 5) is 4.02. The number of aliphatic hydroxyl groups excluding tert-OH is 1. The van der Waals surface area contributed by atoms with Gasteiger partial charge in [0, 0.05) is 6.20 Å². The number of hydrogen-bond acceptors (Lipinski definition) is 2. The van der Waals surface area contributed by atoms with Crippen LogP contribution in [-0.2, 0) is 0 Å². The van der Waals surface area contributed by atoms with E-state index in [1.54, 1.807) is 6.07 Å². The van der Waals surface area contributed by atoms with Gasteiger partial charge in [-0.15, -0.1) is 6.58 Å². The summed E-state index contributed by atoms with van der Waals surface area (Å²) in [6.07, 6.45) is 5.05. The van der Waals surface area contributed by atoms with Crippen LogP contribution in [0.4, 0.5) is 0 Å². The normalized spacial score (nSPS) is 12.5. The summed E-state index contributed by atoms with van der Waals surface area (Å²) in [5, 5.41) is 10.7. The Labute approximate surface area is 99.6 Å². The summed E-state index contributed by atoms with van der Waals surface area (Å²) in [5.41, 5.74) is 0.491. The highest BCUT2D eigenvalue weighted by atomic mass is 35.5. The minimum atomic E-state index is -0.630. The van der Waals surface area contributed by atoms with Gasteiger partial charge in [-0.3, -0.25) is 4.98 Å². The molecule has 0 aliphatic carbocycles. The molecule has 15 heavy (non-hydrogen) atoms. The van der Waals surface area contributed by atoms with Crippen molar-refractivity contribution < 1.29 is 5.11 Å². The first-order valence-corrected chi connectivity index (χ1v) is 5.50. The van der Waals surface area contributed by atoms with Gasteiger partial charge in [-0.05, 0) is 25.3 Å². The standard InChI is InChI=1S/C11H13Cl2NO/c1-2-3-4-5-10(15)11-9(13)6-8(12)7-14-11/h2,6-7,10,15H,1,3-5H2. The van der Waals surface area contributed by atoms with Gasteiger partial charge in [0.05, 0.1) is 21.8 Å². The van der Waals surface area contributed by atoms with Gasteiger partial charge in [0.25, 0.3) is 0 Å². The Hall–Kier alpha value is -0.570. The molecule has 1 unspecified atom stereocenters. The number of aromatic nitrogens is 1. The lowest BCUT2D eigenvalue weighted by atomic mass is 10.1. The van der Waals surface area contributed by atoms with E-state index >= 15 is 0 Å². The van der Waals surface area contributed by atoms with E-state index < -0.39 is 6.10 Å². The van der Waals surface area contributed by atoms with Crippen LogP contribution < -0.4 is 0 Å². The molecule has 1 atom stereocenters. The number of halogens is 2. The molecular weight excluding hydrogens is 233 g/mol. The Balaban J connectivity index is 2.64. The number of allylic oxidation sites excluding steroid dienone is 1. The van der Waals surface area contributed by atoms with Crippen LogP contribution in [0.5, 0.6) is 0 Å². The molecule has 82 valence electrons. The monoisotopic (exact) mass is 245 g/mol. The number of aliphatic hydroxyl groups is 1. The lowest BCUT2D eigenvalue weighted by Crippen LogP contribution is -2.01. The van der Waals surface area contributed by atoms with Crippen LogP contribution in [0.3, 0.4) is 0 Å². The zero-order valence-electron chi connectivity index (χ0n) is 8.29. The zero-order chi connectivity index (χ0) is 11.3. The van der Waals surface area contributed by atoms with Gasteiger partial charge in [-0.1, -0.05) is 29.3 Å². The lowest BCUT2D eigenvalue weighted by Gasteiger charge is -2.10. The molecule has 0 aliphatic heterocycles. The summed E-state index contributed by atoms with van der Waals surface area (Å²) < 4.78 is 0. The fourth-order valence-corrected chi connectivity index (χ4v) is 1.77. The SMILES string of the molecule is C=CCCCC(O)c1ncc(Cl)cc1Cl. The molecule has 0 spiro atoms. The Bertz CT molecular complexity index is 341. The van der Waals surface area contributed by atoms with Crippen molar-refractivity contribution in [2.45, 2.75) is 25.4 Å². The third-order valence-corrected chi connectivity index (χ3v) is 2.55. The van der Waals surface area contributed by atoms with Crippen LogP contribution in [0, 0.1) is 0 Å². The second-order valence-electron chi connectivity index (χ2n) is 3.26. The van der Waals surface area contributed by atoms with Gasteiger partial charge in [0.15, 0.2) is 0 Å². The van der Waals surface area contributed by atoms with Gasteiger partial charge >= 0.3 is 0 Å². The lowest BCUT2D eigenvalue weighted by molar-refractivity contribution is 0.160. The van der Waals surface area contributed by atoms with Crippen molar-refractivity contribution in [1.29, 1.82) is 0 Å². The highest BCUT2D eigenvalue weighted by Gasteiger charge is 2.12. The molecule has 1 heterocycles. The summed E-state index contributed by atoms with van der Waals surface area (Å²) in [5.74, 6) is 0. The van der Waals surface area contributed by atoms with Crippen molar-refractivity contribution in [1.82, 2.24) is 4.98 Å². The summed E-state index contributed by atoms with van der Waals surface area (Å²) >= 11 is 11.6. The number of rotatable bonds is 5. The minimum Gasteiger partial charge on any atom is -0.387 e. The highest BCUT2D eigenvalue weighted by Crippen LogP contribution is 2.26. The molecule has 0 amide bonds. The van der Waals surface area contributed by atoms with Gasteiger partial charge in [0.2, 0.25) is 0 Å². The maximum Gasteiger partial charge on any atom is 0.0975 e. The topological polar surface area (TPSA) is 33.1 Å². The summed E-state index contributed by atoms with van der Waals surface area (Å²) in [7, 11) is 0. The van der Waals surface area contributed by atoms with E-state index in [1.165, 1.54) is 6.20 Å². The minimum absolute atomic E-state index is 0.411. The molecule has 0 bridgehead atoms. The fraction of sp³-hybridized carbons (Fsp3) is 0.364. The number of unbranched alkanes of at least 4 members (excludes halogenated alkanes) is 1. The number of nitrogens with zero attached hydrogens (tertiary/aromatic N) is 1. The quantitative estimate of drug-likeness (QED) is 0.633. The predicted octanol–water partition coefficient (Wildman–Crippen LogP) is 3.78. The van der Waals surface area contributed by atoms with Crippen molar-refractivity contribution in [2.24, 2.45) is 0 Å². The first-order valence-electron chi connectivity index (χ1n) is 4.75. The number of pyridine rings is 1. The van der Waals surface area contributed by atoms with E-state index in [9.17, 15) is 5.11 Å². The molecule has 0 saturated carbocycles. The highest BCUT2D eigenvalue weighted by molar-refractivity contribution is 6.34. The Kier molecular flexibility index (Phi) is 5.09. The van der Waals surface area contributed by atoms with E-state index in [-0.39, 0.29) is 0 Å². The molecule has 0 aromatic carbocycles. The summed E-state index contributed by atoms with van der Waals surface area (Å²) in [6.45, 7) is 3.62. The van der Waals surface area contributed by atoms with Crippen LogP contribution in [0.2, 0.25) is 10.0 Å². The first kappa shape index (κ1) is 12.5. The molecule has 2 nitrogen and oxygen atoms in total. The van der Waals surface area contributed by atoms with Crippen LogP contribution >= 0.6 is 23.2 Å². The second kappa shape index (κ2) is 6.11. The first-order chi connectivity index (χ1) is 7.15. The molecule has 1 aromatic heterocycles. The van der Waals surface area contributed by atoms with E-state index in [2.05, 4.69) is 11.6 Å². The van der Waals surface area contributed by atoms with Gasteiger partial charge in [-0.25, -0.2) is 0 Å². The Morgan fingerprint density at radius 1 is 1.53 bits per heavy atom. The molecule has 0 radical (unpaired) electrons. The molecule has 0 fully saturated rings. The average Bonchev–Trinajstić information content (AvgIpc) is 2.17. The predicted molar refractivity (Wildman–Crippen MR) is 63.3 cm³/mol. The Morgan fingerprint density at radius 3 is 2.87 bits per heavy atom. The van der Waals surface area contributed by atoms with E-state index in [1.807, 2.05) is 6.08 Å². The van der Waals surface area contributed by atoms with Crippen LogP contribution in [-0.4, -0.2) is 10.1 Å². The molecule has 0 saturated heterocycles. The largest absolute Gasteiger partial charge is 0.387 e. The van der Waals surface area contributed by atoms with Crippen molar-refractivity contribution in [3.63, 3.8) is 0 Å². The molecule has 1 aromatic rings. The van der Waals surface area contributed by atoms with Gasteiger partial charge in [-0.2, -0.15) is 0 Å². The third kappa shape index (κ3) is 3.82. The molecule has 1 rings (SSSR count). The van der Waals surface area contributed by atoms with Crippen LogP contribution in [0.25, 0.3) is 0 Å². The van der Waals surface area contributed by atoms with E-state index in [0.717, 1.165) is 12.8 Å². The molecule has 1 N–H and O–H groups in total. The number of hydrogen-bond donors (Lipinski definition) is 1. The summed E-state index contributed by atoms with van der Waals surface area (Å²) in [6, 6.07) is 1.59. The molecular formula is C11H13Cl2NO. The van der Waals surface area contributed by atoms with Crippen molar-refractivity contribution >= 4 is 23.2 Å².